The molecule has 10 rings (SSSR count). The van der Waals surface area contributed by atoms with E-state index < -0.39 is 0 Å². The van der Waals surface area contributed by atoms with Crippen LogP contribution in [0.5, 0.6) is 5.75 Å². The van der Waals surface area contributed by atoms with Gasteiger partial charge in [-0.25, -0.2) is 4.98 Å². The first kappa shape index (κ1) is 48.9. The van der Waals surface area contributed by atoms with E-state index in [1.807, 2.05) is 12.3 Å². The van der Waals surface area contributed by atoms with E-state index in [2.05, 4.69) is 248 Å². The van der Waals surface area contributed by atoms with Gasteiger partial charge in [-0.3, -0.25) is 9.55 Å². The molecular formula is C66H60N3OPt-. The molecule has 0 aliphatic heterocycles. The minimum absolute atomic E-state index is 0. The Balaban J connectivity index is 0.00000624. The normalized spacial score (nSPS) is 11.8. The minimum Gasteiger partial charge on any atom is -0.507 e. The summed E-state index contributed by atoms with van der Waals surface area (Å²) in [6.45, 7) is 17.7. The topological polar surface area (TPSA) is 50.9 Å². The largest absolute Gasteiger partial charge is 0.507 e. The maximum absolute atomic E-state index is 12.5. The summed E-state index contributed by atoms with van der Waals surface area (Å²) in [4.78, 5) is 10.6. The zero-order chi connectivity index (χ0) is 48.7. The number of imidazole rings is 1. The number of hydrogen-bond donors (Lipinski definition) is 1. The van der Waals surface area contributed by atoms with Gasteiger partial charge in [-0.2, -0.15) is 0 Å². The predicted octanol–water partition coefficient (Wildman–Crippen LogP) is 17.4. The van der Waals surface area contributed by atoms with Gasteiger partial charge in [0, 0.05) is 44.2 Å². The third kappa shape index (κ3) is 10.1. The Morgan fingerprint density at radius 3 is 1.73 bits per heavy atom. The number of aromatic hydroxyl groups is 1. The first-order chi connectivity index (χ1) is 33.7. The van der Waals surface area contributed by atoms with E-state index in [0.29, 0.717) is 17.3 Å². The fourth-order valence-corrected chi connectivity index (χ4v) is 9.69. The molecule has 0 radical (unpaired) electrons. The van der Waals surface area contributed by atoms with E-state index in [9.17, 15) is 5.11 Å². The van der Waals surface area contributed by atoms with Crippen molar-refractivity contribution in [2.24, 2.45) is 5.92 Å². The van der Waals surface area contributed by atoms with E-state index in [0.717, 1.165) is 78.9 Å². The number of para-hydroxylation sites is 1. The van der Waals surface area contributed by atoms with Crippen molar-refractivity contribution in [2.45, 2.75) is 72.6 Å². The number of phenolic OH excluding ortho intramolecular Hbond substituents is 1. The quantitative estimate of drug-likeness (QED) is 0.139. The fourth-order valence-electron chi connectivity index (χ4n) is 9.69. The van der Waals surface area contributed by atoms with Crippen LogP contribution in [0.15, 0.2) is 194 Å². The van der Waals surface area contributed by atoms with Gasteiger partial charge in [-0.1, -0.05) is 218 Å². The monoisotopic (exact) mass is 1110 g/mol. The molecular weight excluding hydrogens is 1050 g/mol. The van der Waals surface area contributed by atoms with Crippen LogP contribution in [0.3, 0.4) is 0 Å². The molecule has 5 heteroatoms. The van der Waals surface area contributed by atoms with Crippen LogP contribution in [0.2, 0.25) is 0 Å². The van der Waals surface area contributed by atoms with Crippen LogP contribution in [-0.2, 0) is 38.3 Å². The molecule has 0 saturated carbocycles. The number of aromatic nitrogens is 3. The first-order valence-corrected chi connectivity index (χ1v) is 24.5. The van der Waals surface area contributed by atoms with E-state index in [1.165, 1.54) is 27.8 Å². The Morgan fingerprint density at radius 2 is 1.11 bits per heavy atom. The molecule has 8 aromatic carbocycles. The molecule has 0 atom stereocenters. The Hall–Kier alpha value is -7.13. The molecule has 356 valence electrons. The van der Waals surface area contributed by atoms with Crippen LogP contribution in [0.1, 0.15) is 72.1 Å². The zero-order valence-corrected chi connectivity index (χ0v) is 44.1. The Kier molecular flexibility index (Phi) is 13.7. The summed E-state index contributed by atoms with van der Waals surface area (Å²) in [5.74, 6) is 1.37. The van der Waals surface area contributed by atoms with Crippen LogP contribution < -0.4 is 0 Å². The van der Waals surface area contributed by atoms with E-state index >= 15 is 0 Å². The van der Waals surface area contributed by atoms with Gasteiger partial charge in [-0.15, -0.1) is 23.8 Å². The minimum atomic E-state index is -0.329. The van der Waals surface area contributed by atoms with E-state index in [4.69, 9.17) is 9.97 Å². The predicted molar refractivity (Wildman–Crippen MR) is 293 cm³/mol. The van der Waals surface area contributed by atoms with Crippen molar-refractivity contribution in [3.8, 4) is 89.7 Å². The molecule has 4 nitrogen and oxygen atoms in total. The Bertz CT molecular complexity index is 3490. The summed E-state index contributed by atoms with van der Waals surface area (Å²) in [6, 6.07) is 70.5. The van der Waals surface area contributed by atoms with Crippen LogP contribution >= 0.6 is 0 Å². The van der Waals surface area contributed by atoms with Crippen molar-refractivity contribution in [3.05, 3.63) is 217 Å². The van der Waals surface area contributed by atoms with E-state index in [-0.39, 0.29) is 37.6 Å². The molecule has 71 heavy (non-hydrogen) atoms. The van der Waals surface area contributed by atoms with Gasteiger partial charge in [-0.05, 0) is 104 Å². The number of fused-ring (bicyclic) bond motifs is 1. The molecule has 0 saturated heterocycles. The summed E-state index contributed by atoms with van der Waals surface area (Å²) in [6.07, 6.45) is 2.80. The number of pyridine rings is 1. The van der Waals surface area contributed by atoms with Crippen molar-refractivity contribution < 1.29 is 26.2 Å². The van der Waals surface area contributed by atoms with Gasteiger partial charge in [0.25, 0.3) is 0 Å². The maximum Gasteiger partial charge on any atom is 0.148 e. The third-order valence-electron chi connectivity index (χ3n) is 13.4. The summed E-state index contributed by atoms with van der Waals surface area (Å²) in [7, 11) is 0. The average Bonchev–Trinajstić information content (AvgIpc) is 3.76. The first-order valence-electron chi connectivity index (χ1n) is 24.5. The average molecular weight is 1110 g/mol. The van der Waals surface area contributed by atoms with Crippen molar-refractivity contribution in [1.82, 2.24) is 14.5 Å². The van der Waals surface area contributed by atoms with Gasteiger partial charge >= 0.3 is 0 Å². The number of benzene rings is 8. The molecule has 1 N–H and O–H groups in total. The van der Waals surface area contributed by atoms with Gasteiger partial charge in [0.1, 0.15) is 11.6 Å². The molecule has 2 heterocycles. The Morgan fingerprint density at radius 1 is 0.521 bits per heavy atom. The molecule has 0 fully saturated rings. The number of phenols is 1. The van der Waals surface area contributed by atoms with Gasteiger partial charge in [0.2, 0.25) is 0 Å². The summed E-state index contributed by atoms with van der Waals surface area (Å²) < 4.78 is 2.27. The Labute approximate surface area is 434 Å². The summed E-state index contributed by atoms with van der Waals surface area (Å²) >= 11 is 0. The second kappa shape index (κ2) is 19.9. The molecule has 0 aliphatic carbocycles. The van der Waals surface area contributed by atoms with Crippen molar-refractivity contribution in [1.29, 1.82) is 0 Å². The summed E-state index contributed by atoms with van der Waals surface area (Å²) in [5, 5.41) is 12.5. The molecule has 0 aliphatic rings. The van der Waals surface area contributed by atoms with Crippen LogP contribution in [-0.4, -0.2) is 19.6 Å². The van der Waals surface area contributed by atoms with Crippen LogP contribution in [0.4, 0.5) is 0 Å². The fraction of sp³-hybridized carbons (Fsp3) is 0.182. The number of rotatable bonds is 10. The van der Waals surface area contributed by atoms with Crippen molar-refractivity contribution >= 4 is 11.0 Å². The third-order valence-corrected chi connectivity index (χ3v) is 13.4. The van der Waals surface area contributed by atoms with E-state index in [1.54, 1.807) is 0 Å². The second-order valence-corrected chi connectivity index (χ2v) is 21.1. The van der Waals surface area contributed by atoms with Crippen LogP contribution in [0, 0.1) is 12.0 Å². The number of nitrogens with zero attached hydrogens (tertiary/aromatic N) is 3. The molecule has 0 bridgehead atoms. The van der Waals surface area contributed by atoms with Crippen LogP contribution in [0.25, 0.3) is 95.0 Å². The smallest absolute Gasteiger partial charge is 0.148 e. The zero-order valence-electron chi connectivity index (χ0n) is 41.9. The van der Waals surface area contributed by atoms with Gasteiger partial charge < -0.3 is 5.11 Å². The standard InChI is InChI=1S/C66H60N3O.Pt/c1-43(2)35-51-39-55(31-32-56(51)48-23-16-11-17-24-48)69-61-26-18-25-57(62(61)68-64(69)58-41-54(65(3,4)5)42-59(63(58)70)66(6,7)8)52-36-50(45-21-14-10-15-22-45)37-53(38-52)60-40-49(33-34-67-60)47-29-27-46(28-30-47)44-19-12-9-13-20-44;/h9-34,36-37,39-43,70H,35H2,1-8H3;/q-1;. The maximum atomic E-state index is 12.5. The number of hydrogen-bond acceptors (Lipinski definition) is 3. The molecule has 2 aromatic heterocycles. The van der Waals surface area contributed by atoms with Gasteiger partial charge in [0.05, 0.1) is 16.6 Å². The van der Waals surface area contributed by atoms with Crippen molar-refractivity contribution in [2.75, 3.05) is 0 Å². The molecule has 10 aromatic rings. The molecule has 0 amide bonds. The van der Waals surface area contributed by atoms with Crippen molar-refractivity contribution in [3.63, 3.8) is 0 Å². The second-order valence-electron chi connectivity index (χ2n) is 21.1. The molecule has 0 unspecified atom stereocenters. The summed E-state index contributed by atoms with van der Waals surface area (Å²) in [5.41, 5.74) is 18.9. The molecule has 0 spiro atoms. The van der Waals surface area contributed by atoms with Gasteiger partial charge in [0.15, 0.2) is 0 Å². The SMILES string of the molecule is CC(C)Cc1cc(-n2c(-c3cc(C(C)(C)C)cc(C(C)(C)C)c3O)nc3c(-c4[c-]c(-c5cc(-c6ccc(-c7ccccc7)cc6)ccn5)cc(-c5ccccc5)c4)cccc32)ccc1-c1ccccc1.[Pt].